The van der Waals surface area contributed by atoms with Crippen molar-refractivity contribution >= 4 is 5.91 Å². The van der Waals surface area contributed by atoms with Crippen LogP contribution in [0.15, 0.2) is 47.3 Å². The van der Waals surface area contributed by atoms with Crippen LogP contribution in [0.2, 0.25) is 0 Å². The number of rotatable bonds is 2. The fourth-order valence-electron chi connectivity index (χ4n) is 3.62. The first-order valence-corrected chi connectivity index (χ1v) is 8.43. The SMILES string of the molecule is Cc1cc(=O)cc(C(=O)N2CCC[C@](C)(c3ccccc3)C2)n1C. The van der Waals surface area contributed by atoms with E-state index in [1.54, 1.807) is 10.6 Å². The van der Waals surface area contributed by atoms with Gasteiger partial charge < -0.3 is 9.47 Å². The number of hydrogen-bond donors (Lipinski definition) is 0. The average molecular weight is 324 g/mol. The molecule has 0 aliphatic carbocycles. The molecule has 24 heavy (non-hydrogen) atoms. The van der Waals surface area contributed by atoms with Gasteiger partial charge in [-0.15, -0.1) is 0 Å². The Hall–Kier alpha value is -2.36. The number of aryl methyl sites for hydroxylation is 1. The number of likely N-dealkylation sites (tertiary alicyclic amines) is 1. The number of benzene rings is 1. The van der Waals surface area contributed by atoms with Crippen molar-refractivity contribution in [2.45, 2.75) is 32.1 Å². The Balaban J connectivity index is 1.90. The summed E-state index contributed by atoms with van der Waals surface area (Å²) in [5.74, 6) is -0.0554. The largest absolute Gasteiger partial charge is 0.344 e. The summed E-state index contributed by atoms with van der Waals surface area (Å²) >= 11 is 0. The van der Waals surface area contributed by atoms with Crippen molar-refractivity contribution in [3.63, 3.8) is 0 Å². The number of pyridine rings is 1. The van der Waals surface area contributed by atoms with Crippen LogP contribution in [0.25, 0.3) is 0 Å². The van der Waals surface area contributed by atoms with Crippen LogP contribution in [-0.4, -0.2) is 28.5 Å². The molecule has 1 saturated heterocycles. The lowest BCUT2D eigenvalue weighted by molar-refractivity contribution is 0.0640. The minimum Gasteiger partial charge on any atom is -0.344 e. The number of hydrogen-bond acceptors (Lipinski definition) is 2. The monoisotopic (exact) mass is 324 g/mol. The van der Waals surface area contributed by atoms with E-state index >= 15 is 0 Å². The smallest absolute Gasteiger partial charge is 0.270 e. The second kappa shape index (κ2) is 6.27. The van der Waals surface area contributed by atoms with Crippen LogP contribution in [0.1, 0.15) is 41.5 Å². The summed E-state index contributed by atoms with van der Waals surface area (Å²) in [7, 11) is 1.84. The molecule has 1 amide bonds. The lowest BCUT2D eigenvalue weighted by Gasteiger charge is -2.41. The van der Waals surface area contributed by atoms with E-state index in [-0.39, 0.29) is 16.8 Å². The van der Waals surface area contributed by atoms with Crippen molar-refractivity contribution in [2.75, 3.05) is 13.1 Å². The molecule has 0 bridgehead atoms. The molecule has 1 atom stereocenters. The summed E-state index contributed by atoms with van der Waals surface area (Å²) in [4.78, 5) is 26.7. The predicted octanol–water partition coefficient (Wildman–Crippen LogP) is 2.89. The maximum Gasteiger partial charge on any atom is 0.270 e. The Kier molecular flexibility index (Phi) is 4.31. The van der Waals surface area contributed by atoms with Crippen LogP contribution in [0, 0.1) is 6.92 Å². The number of carbonyl (C=O) groups is 1. The van der Waals surface area contributed by atoms with Gasteiger partial charge in [-0.25, -0.2) is 0 Å². The van der Waals surface area contributed by atoms with E-state index < -0.39 is 0 Å². The van der Waals surface area contributed by atoms with Gasteiger partial charge in [0, 0.05) is 43.4 Å². The van der Waals surface area contributed by atoms with Crippen LogP contribution in [0.3, 0.4) is 0 Å². The molecule has 0 saturated carbocycles. The van der Waals surface area contributed by atoms with Crippen molar-refractivity contribution in [3.05, 3.63) is 69.6 Å². The lowest BCUT2D eigenvalue weighted by Crippen LogP contribution is -2.47. The first-order valence-electron chi connectivity index (χ1n) is 8.43. The van der Waals surface area contributed by atoms with E-state index in [2.05, 4.69) is 19.1 Å². The molecule has 0 radical (unpaired) electrons. The van der Waals surface area contributed by atoms with Gasteiger partial charge in [-0.2, -0.15) is 0 Å². The van der Waals surface area contributed by atoms with Crippen molar-refractivity contribution < 1.29 is 4.79 Å². The van der Waals surface area contributed by atoms with Crippen molar-refractivity contribution in [2.24, 2.45) is 7.05 Å². The second-order valence-corrected chi connectivity index (χ2v) is 7.03. The molecule has 3 rings (SSSR count). The van der Waals surface area contributed by atoms with Crippen LogP contribution in [0.5, 0.6) is 0 Å². The van der Waals surface area contributed by atoms with Crippen LogP contribution in [-0.2, 0) is 12.5 Å². The molecule has 1 aromatic carbocycles. The fraction of sp³-hybridized carbons (Fsp3) is 0.400. The molecule has 4 nitrogen and oxygen atoms in total. The molecule has 1 aliphatic heterocycles. The van der Waals surface area contributed by atoms with Gasteiger partial charge in [0.25, 0.3) is 5.91 Å². The first kappa shape index (κ1) is 16.5. The van der Waals surface area contributed by atoms with Crippen molar-refractivity contribution in [1.82, 2.24) is 9.47 Å². The van der Waals surface area contributed by atoms with Gasteiger partial charge in [0.1, 0.15) is 5.69 Å². The van der Waals surface area contributed by atoms with E-state index in [9.17, 15) is 9.59 Å². The maximum atomic E-state index is 13.0. The third-order valence-corrected chi connectivity index (χ3v) is 5.19. The molecule has 0 N–H and O–H groups in total. The van der Waals surface area contributed by atoms with E-state index in [4.69, 9.17) is 0 Å². The zero-order valence-electron chi connectivity index (χ0n) is 14.6. The molecule has 1 fully saturated rings. The Morgan fingerprint density at radius 2 is 1.88 bits per heavy atom. The normalized spacial score (nSPS) is 20.9. The third kappa shape index (κ3) is 3.01. The fourth-order valence-corrected chi connectivity index (χ4v) is 3.62. The Labute approximate surface area is 142 Å². The molecule has 2 heterocycles. The molecule has 2 aromatic rings. The summed E-state index contributed by atoms with van der Waals surface area (Å²) in [6.07, 6.45) is 2.03. The highest BCUT2D eigenvalue weighted by Crippen LogP contribution is 2.34. The Morgan fingerprint density at radius 3 is 2.58 bits per heavy atom. The topological polar surface area (TPSA) is 42.3 Å². The van der Waals surface area contributed by atoms with Gasteiger partial charge in [-0.3, -0.25) is 9.59 Å². The van der Waals surface area contributed by atoms with Gasteiger partial charge in [-0.1, -0.05) is 37.3 Å². The van der Waals surface area contributed by atoms with Gasteiger partial charge in [0.05, 0.1) is 0 Å². The van der Waals surface area contributed by atoms with Crippen LogP contribution < -0.4 is 5.43 Å². The van der Waals surface area contributed by atoms with Gasteiger partial charge in [-0.05, 0) is 25.3 Å². The average Bonchev–Trinajstić information content (AvgIpc) is 2.58. The predicted molar refractivity (Wildman–Crippen MR) is 95.4 cm³/mol. The molecule has 1 aromatic heterocycles. The summed E-state index contributed by atoms with van der Waals surface area (Å²) in [6, 6.07) is 13.4. The minimum atomic E-state index is -0.114. The number of piperidine rings is 1. The second-order valence-electron chi connectivity index (χ2n) is 7.03. The molecular weight excluding hydrogens is 300 g/mol. The lowest BCUT2D eigenvalue weighted by atomic mass is 9.76. The van der Waals surface area contributed by atoms with Crippen LogP contribution >= 0.6 is 0 Å². The summed E-state index contributed by atoms with van der Waals surface area (Å²) < 4.78 is 1.80. The zero-order valence-corrected chi connectivity index (χ0v) is 14.6. The van der Waals surface area contributed by atoms with E-state index in [0.717, 1.165) is 25.1 Å². The zero-order chi connectivity index (χ0) is 17.3. The Bertz CT molecular complexity index is 810. The van der Waals surface area contributed by atoms with Crippen molar-refractivity contribution in [1.29, 1.82) is 0 Å². The summed E-state index contributed by atoms with van der Waals surface area (Å²) in [5.41, 5.74) is 2.38. The van der Waals surface area contributed by atoms with E-state index in [0.29, 0.717) is 12.2 Å². The maximum absolute atomic E-state index is 13.0. The van der Waals surface area contributed by atoms with E-state index in [1.165, 1.54) is 11.6 Å². The van der Waals surface area contributed by atoms with Gasteiger partial charge >= 0.3 is 0 Å². The molecular formula is C20H24N2O2. The number of nitrogens with zero attached hydrogens (tertiary/aromatic N) is 2. The molecule has 1 aliphatic rings. The summed E-state index contributed by atoms with van der Waals surface area (Å²) in [6.45, 7) is 5.49. The third-order valence-electron chi connectivity index (χ3n) is 5.19. The quantitative estimate of drug-likeness (QED) is 0.852. The minimum absolute atomic E-state index is 0.0438. The molecule has 0 unspecified atom stereocenters. The molecule has 126 valence electrons. The highest BCUT2D eigenvalue weighted by Gasteiger charge is 2.35. The highest BCUT2D eigenvalue weighted by molar-refractivity contribution is 5.92. The Morgan fingerprint density at radius 1 is 1.17 bits per heavy atom. The van der Waals surface area contributed by atoms with Gasteiger partial charge in [0.15, 0.2) is 5.43 Å². The molecule has 0 spiro atoms. The summed E-state index contributed by atoms with van der Waals surface area (Å²) in [5, 5.41) is 0. The van der Waals surface area contributed by atoms with Gasteiger partial charge in [0.2, 0.25) is 0 Å². The van der Waals surface area contributed by atoms with Crippen LogP contribution in [0.4, 0.5) is 0 Å². The molecule has 4 heteroatoms. The highest BCUT2D eigenvalue weighted by atomic mass is 16.2. The number of aromatic nitrogens is 1. The van der Waals surface area contributed by atoms with E-state index in [1.807, 2.05) is 37.1 Å². The standard InChI is InChI=1S/C20H24N2O2/c1-15-12-17(23)13-18(21(15)3)19(24)22-11-7-10-20(2,14-22)16-8-5-4-6-9-16/h4-6,8-9,12-13H,7,10-11,14H2,1-3H3/t20-/m0/s1. The number of amides is 1. The first-order chi connectivity index (χ1) is 11.4. The number of carbonyl (C=O) groups excluding carboxylic acids is 1. The van der Waals surface area contributed by atoms with Crippen molar-refractivity contribution in [3.8, 4) is 0 Å².